The first-order valence-corrected chi connectivity index (χ1v) is 9.96. The summed E-state index contributed by atoms with van der Waals surface area (Å²) in [4.78, 5) is 16.6. The van der Waals surface area contributed by atoms with Gasteiger partial charge in [0.15, 0.2) is 0 Å². The Morgan fingerprint density at radius 3 is 2.52 bits per heavy atom. The fraction of sp³-hybridized carbons (Fsp3) is 0.417. The number of ether oxygens (including phenoxy) is 1. The summed E-state index contributed by atoms with van der Waals surface area (Å²) in [5.41, 5.74) is 4.39. The number of nitrogens with zero attached hydrogens (tertiary/aromatic N) is 1. The molecule has 3 heteroatoms. The normalized spacial score (nSPS) is 13.5. The van der Waals surface area contributed by atoms with Gasteiger partial charge in [0.2, 0.25) is 0 Å². The summed E-state index contributed by atoms with van der Waals surface area (Å²) < 4.78 is 5.48. The minimum absolute atomic E-state index is 0.136. The summed E-state index contributed by atoms with van der Waals surface area (Å²) in [6.07, 6.45) is 5.49. The molecular formula is C24H31NO2. The van der Waals surface area contributed by atoms with Gasteiger partial charge in [0.05, 0.1) is 17.4 Å². The van der Waals surface area contributed by atoms with Gasteiger partial charge in [-0.25, -0.2) is 4.79 Å². The second kappa shape index (κ2) is 10.7. The minimum atomic E-state index is -0.270. The van der Waals surface area contributed by atoms with Crippen LogP contribution in [0.1, 0.15) is 74.4 Å². The number of aliphatic imine (C=N–C) groups is 1. The molecule has 0 amide bonds. The SMILES string of the molecule is CCc1cc(N=CCCC(C)OC(=O)c2ccccc2)ccc1C(C)CC. The fourth-order valence-corrected chi connectivity index (χ4v) is 3.04. The Hall–Kier alpha value is -2.42. The molecular weight excluding hydrogens is 334 g/mol. The highest BCUT2D eigenvalue weighted by Gasteiger charge is 2.11. The third-order valence-corrected chi connectivity index (χ3v) is 4.91. The van der Waals surface area contributed by atoms with Crippen molar-refractivity contribution >= 4 is 17.9 Å². The Morgan fingerprint density at radius 2 is 1.85 bits per heavy atom. The van der Waals surface area contributed by atoms with Crippen LogP contribution in [-0.2, 0) is 11.2 Å². The van der Waals surface area contributed by atoms with Crippen LogP contribution in [0.15, 0.2) is 53.5 Å². The molecule has 2 atom stereocenters. The van der Waals surface area contributed by atoms with E-state index in [0.29, 0.717) is 11.5 Å². The Labute approximate surface area is 163 Å². The molecule has 0 aliphatic carbocycles. The van der Waals surface area contributed by atoms with Gasteiger partial charge in [-0.05, 0) is 73.9 Å². The van der Waals surface area contributed by atoms with Crippen LogP contribution in [0.2, 0.25) is 0 Å². The van der Waals surface area contributed by atoms with Crippen LogP contribution in [0.3, 0.4) is 0 Å². The molecule has 0 spiro atoms. The van der Waals surface area contributed by atoms with Crippen LogP contribution in [0.25, 0.3) is 0 Å². The number of aryl methyl sites for hydroxylation is 1. The van der Waals surface area contributed by atoms with E-state index in [0.717, 1.165) is 31.4 Å². The van der Waals surface area contributed by atoms with Crippen molar-refractivity contribution in [2.45, 2.75) is 65.4 Å². The van der Waals surface area contributed by atoms with Gasteiger partial charge in [-0.1, -0.05) is 45.0 Å². The zero-order valence-corrected chi connectivity index (χ0v) is 16.9. The molecule has 0 bridgehead atoms. The molecule has 3 nitrogen and oxygen atoms in total. The smallest absolute Gasteiger partial charge is 0.338 e. The molecule has 0 N–H and O–H groups in total. The molecule has 0 aliphatic heterocycles. The Morgan fingerprint density at radius 1 is 1.11 bits per heavy atom. The Kier molecular flexibility index (Phi) is 8.25. The first kappa shape index (κ1) is 20.9. The molecule has 2 aromatic rings. The average Bonchev–Trinajstić information content (AvgIpc) is 2.71. The molecule has 2 rings (SSSR count). The standard InChI is InChI=1S/C24H31NO2/c1-5-18(3)23-15-14-22(17-20(23)6-2)25-16-10-11-19(4)27-24(26)21-12-8-7-9-13-21/h7-9,12-19H,5-6,10-11H2,1-4H3. The minimum Gasteiger partial charge on any atom is -0.459 e. The van der Waals surface area contributed by atoms with E-state index in [1.165, 1.54) is 11.1 Å². The lowest BCUT2D eigenvalue weighted by molar-refractivity contribution is 0.0329. The van der Waals surface area contributed by atoms with Gasteiger partial charge in [0.1, 0.15) is 0 Å². The first-order chi connectivity index (χ1) is 13.0. The van der Waals surface area contributed by atoms with Gasteiger partial charge in [-0.3, -0.25) is 4.99 Å². The maximum Gasteiger partial charge on any atom is 0.338 e. The lowest BCUT2D eigenvalue weighted by Gasteiger charge is -2.14. The quantitative estimate of drug-likeness (QED) is 0.376. The van der Waals surface area contributed by atoms with E-state index >= 15 is 0 Å². The number of carbonyl (C=O) groups excluding carboxylic acids is 1. The lowest BCUT2D eigenvalue weighted by Crippen LogP contribution is -2.15. The highest BCUT2D eigenvalue weighted by molar-refractivity contribution is 5.89. The fourth-order valence-electron chi connectivity index (χ4n) is 3.04. The predicted octanol–water partition coefficient (Wildman–Crippen LogP) is 6.49. The third-order valence-electron chi connectivity index (χ3n) is 4.91. The molecule has 144 valence electrons. The van der Waals surface area contributed by atoms with Crippen molar-refractivity contribution in [2.75, 3.05) is 0 Å². The van der Waals surface area contributed by atoms with Crippen molar-refractivity contribution in [2.24, 2.45) is 4.99 Å². The maximum absolute atomic E-state index is 12.0. The summed E-state index contributed by atoms with van der Waals surface area (Å²) in [6, 6.07) is 15.6. The van der Waals surface area contributed by atoms with Gasteiger partial charge in [0, 0.05) is 6.21 Å². The molecule has 0 saturated carbocycles. The number of rotatable bonds is 9. The van der Waals surface area contributed by atoms with Crippen LogP contribution in [0.5, 0.6) is 0 Å². The van der Waals surface area contributed by atoms with Crippen molar-refractivity contribution in [1.82, 2.24) is 0 Å². The molecule has 2 aromatic carbocycles. The largest absolute Gasteiger partial charge is 0.459 e. The highest BCUT2D eigenvalue weighted by atomic mass is 16.5. The zero-order valence-electron chi connectivity index (χ0n) is 16.9. The molecule has 2 unspecified atom stereocenters. The lowest BCUT2D eigenvalue weighted by atomic mass is 9.92. The predicted molar refractivity (Wildman–Crippen MR) is 113 cm³/mol. The summed E-state index contributed by atoms with van der Waals surface area (Å²) in [5.74, 6) is 0.311. The van der Waals surface area contributed by atoms with Crippen molar-refractivity contribution in [3.05, 3.63) is 65.2 Å². The molecule has 0 aliphatic rings. The number of hydrogen-bond acceptors (Lipinski definition) is 3. The van der Waals surface area contributed by atoms with Crippen molar-refractivity contribution in [3.8, 4) is 0 Å². The molecule has 0 radical (unpaired) electrons. The van der Waals surface area contributed by atoms with E-state index in [2.05, 4.69) is 44.0 Å². The first-order valence-electron chi connectivity index (χ1n) is 9.96. The maximum atomic E-state index is 12.0. The molecule has 0 fully saturated rings. The van der Waals surface area contributed by atoms with Crippen molar-refractivity contribution < 1.29 is 9.53 Å². The van der Waals surface area contributed by atoms with Crippen LogP contribution in [0.4, 0.5) is 5.69 Å². The van der Waals surface area contributed by atoms with Gasteiger partial charge in [-0.2, -0.15) is 0 Å². The third kappa shape index (κ3) is 6.35. The van der Waals surface area contributed by atoms with Crippen molar-refractivity contribution in [1.29, 1.82) is 0 Å². The topological polar surface area (TPSA) is 38.7 Å². The summed E-state index contributed by atoms with van der Waals surface area (Å²) in [6.45, 7) is 8.61. The van der Waals surface area contributed by atoms with Crippen molar-refractivity contribution in [3.63, 3.8) is 0 Å². The Bertz CT molecular complexity index is 752. The van der Waals surface area contributed by atoms with Crippen LogP contribution in [-0.4, -0.2) is 18.3 Å². The van der Waals surface area contributed by atoms with Crippen LogP contribution >= 0.6 is 0 Å². The summed E-state index contributed by atoms with van der Waals surface area (Å²) in [7, 11) is 0. The summed E-state index contributed by atoms with van der Waals surface area (Å²) >= 11 is 0. The van der Waals surface area contributed by atoms with Gasteiger partial charge < -0.3 is 4.74 Å². The zero-order chi connectivity index (χ0) is 19.6. The molecule has 0 saturated heterocycles. The molecule has 0 aromatic heterocycles. The second-order valence-corrected chi connectivity index (χ2v) is 7.02. The average molecular weight is 366 g/mol. The number of hydrogen-bond donors (Lipinski definition) is 0. The summed E-state index contributed by atoms with van der Waals surface area (Å²) in [5, 5.41) is 0. The van der Waals surface area contributed by atoms with Gasteiger partial charge in [-0.15, -0.1) is 0 Å². The van der Waals surface area contributed by atoms with E-state index in [4.69, 9.17) is 4.74 Å². The van der Waals surface area contributed by atoms with E-state index in [9.17, 15) is 4.79 Å². The molecule has 0 heterocycles. The second-order valence-electron chi connectivity index (χ2n) is 7.02. The van der Waals surface area contributed by atoms with Crippen LogP contribution in [0, 0.1) is 0 Å². The highest BCUT2D eigenvalue weighted by Crippen LogP contribution is 2.27. The molecule has 27 heavy (non-hydrogen) atoms. The van der Waals surface area contributed by atoms with Gasteiger partial charge >= 0.3 is 5.97 Å². The van der Waals surface area contributed by atoms with E-state index in [1.54, 1.807) is 12.1 Å². The van der Waals surface area contributed by atoms with E-state index in [-0.39, 0.29) is 12.1 Å². The number of esters is 1. The van der Waals surface area contributed by atoms with Gasteiger partial charge in [0.25, 0.3) is 0 Å². The number of benzene rings is 2. The number of carbonyl (C=O) groups is 1. The Balaban J connectivity index is 1.85. The van der Waals surface area contributed by atoms with E-state index in [1.807, 2.05) is 31.3 Å². The van der Waals surface area contributed by atoms with E-state index < -0.39 is 0 Å². The van der Waals surface area contributed by atoms with Crippen LogP contribution < -0.4 is 0 Å². The monoisotopic (exact) mass is 365 g/mol.